The summed E-state index contributed by atoms with van der Waals surface area (Å²) in [4.78, 5) is 27.0. The zero-order valence-corrected chi connectivity index (χ0v) is 14.2. The van der Waals surface area contributed by atoms with Crippen LogP contribution in [0, 0.1) is 5.41 Å². The summed E-state index contributed by atoms with van der Waals surface area (Å²) in [6.45, 7) is 4.41. The van der Waals surface area contributed by atoms with Gasteiger partial charge in [0.05, 0.1) is 12.6 Å². The minimum atomic E-state index is -0.490. The number of hydrogen-bond donors (Lipinski definition) is 2. The van der Waals surface area contributed by atoms with Crippen LogP contribution in [0.3, 0.4) is 0 Å². The van der Waals surface area contributed by atoms with Crippen molar-refractivity contribution >= 4 is 11.8 Å². The summed E-state index contributed by atoms with van der Waals surface area (Å²) in [5.74, 6) is -0.145. The first-order valence-electron chi connectivity index (χ1n) is 8.55. The van der Waals surface area contributed by atoms with E-state index in [1.165, 1.54) is 0 Å². The molecule has 0 aromatic heterocycles. The summed E-state index contributed by atoms with van der Waals surface area (Å²) in [5, 5.41) is 5.79. The normalized spacial score (nSPS) is 33.6. The van der Waals surface area contributed by atoms with E-state index in [0.717, 1.165) is 19.3 Å². The highest BCUT2D eigenvalue weighted by Crippen LogP contribution is 2.50. The zero-order valence-electron chi connectivity index (χ0n) is 14.2. The Balaban J connectivity index is 1.75. The number of hydrogen-bond acceptors (Lipinski definition) is 4. The molecule has 6 nitrogen and oxygen atoms in total. The maximum Gasteiger partial charge on any atom is 0.247 e. The fourth-order valence-electron chi connectivity index (χ4n) is 4.05. The van der Waals surface area contributed by atoms with Crippen LogP contribution in [0.4, 0.5) is 0 Å². The van der Waals surface area contributed by atoms with E-state index in [-0.39, 0.29) is 35.5 Å². The van der Waals surface area contributed by atoms with Gasteiger partial charge in [-0.15, -0.1) is 0 Å². The zero-order chi connectivity index (χ0) is 16.6. The van der Waals surface area contributed by atoms with Crippen molar-refractivity contribution in [1.29, 1.82) is 0 Å². The van der Waals surface area contributed by atoms with Gasteiger partial charge in [0.25, 0.3) is 0 Å². The highest BCUT2D eigenvalue weighted by Gasteiger charge is 2.54. The monoisotopic (exact) mass is 321 g/mol. The van der Waals surface area contributed by atoms with Crippen molar-refractivity contribution in [2.45, 2.75) is 63.9 Å². The molecule has 2 aliphatic heterocycles. The molecule has 0 saturated carbocycles. The average molecular weight is 321 g/mol. The fraction of sp³-hybridized carbons (Fsp3) is 0.765. The van der Waals surface area contributed by atoms with Crippen molar-refractivity contribution in [3.05, 3.63) is 12.2 Å². The largest absolute Gasteiger partial charge is 0.358 e. The standard InChI is InChI=1S/C17H27N3O3/c1-11(18-3)15(21)19-13-6-9-23-14-10-17(7-4-5-8-17)12(2)20(14)16(13)22/h4-5,11-14,18H,6-10H2,1-3H3,(H,19,21)/t11-,12?,13-,14-/m0/s1. The Morgan fingerprint density at radius 3 is 2.78 bits per heavy atom. The molecule has 2 heterocycles. The first-order chi connectivity index (χ1) is 11.0. The third kappa shape index (κ3) is 2.78. The minimum Gasteiger partial charge on any atom is -0.358 e. The molecule has 128 valence electrons. The van der Waals surface area contributed by atoms with Crippen molar-refractivity contribution in [1.82, 2.24) is 15.5 Å². The topological polar surface area (TPSA) is 70.7 Å². The van der Waals surface area contributed by atoms with Crippen molar-refractivity contribution in [3.63, 3.8) is 0 Å². The molecule has 2 amide bonds. The minimum absolute atomic E-state index is 0.000396. The van der Waals surface area contributed by atoms with E-state index in [0.29, 0.717) is 13.0 Å². The SMILES string of the molecule is CN[C@@H](C)C(=O)N[C@H]1CCO[C@H]2CC3(CC=CC3)C(C)N2C1=O. The highest BCUT2D eigenvalue weighted by molar-refractivity contribution is 5.90. The molecule has 23 heavy (non-hydrogen) atoms. The molecule has 0 bridgehead atoms. The van der Waals surface area contributed by atoms with Gasteiger partial charge in [-0.3, -0.25) is 9.59 Å². The molecule has 1 spiro atoms. The molecule has 1 unspecified atom stereocenters. The van der Waals surface area contributed by atoms with Gasteiger partial charge in [-0.2, -0.15) is 0 Å². The van der Waals surface area contributed by atoms with Gasteiger partial charge in [-0.1, -0.05) is 12.2 Å². The lowest BCUT2D eigenvalue weighted by atomic mass is 9.78. The van der Waals surface area contributed by atoms with Gasteiger partial charge in [-0.25, -0.2) is 0 Å². The number of carbonyl (C=O) groups is 2. The third-order valence-corrected chi connectivity index (χ3v) is 5.82. The average Bonchev–Trinajstić information content (AvgIpc) is 3.07. The maximum absolute atomic E-state index is 13.0. The van der Waals surface area contributed by atoms with Crippen molar-refractivity contribution in [2.24, 2.45) is 5.41 Å². The molecule has 3 aliphatic rings. The summed E-state index contributed by atoms with van der Waals surface area (Å²) >= 11 is 0. The molecule has 6 heteroatoms. The predicted molar refractivity (Wildman–Crippen MR) is 86.5 cm³/mol. The molecule has 2 fully saturated rings. The summed E-state index contributed by atoms with van der Waals surface area (Å²) in [6, 6.07) is -0.673. The summed E-state index contributed by atoms with van der Waals surface area (Å²) in [5.41, 5.74) is 0.116. The second kappa shape index (κ2) is 6.24. The molecule has 0 aromatic carbocycles. The van der Waals surface area contributed by atoms with Gasteiger partial charge >= 0.3 is 0 Å². The fourth-order valence-corrected chi connectivity index (χ4v) is 4.05. The highest BCUT2D eigenvalue weighted by atomic mass is 16.5. The third-order valence-electron chi connectivity index (χ3n) is 5.82. The summed E-state index contributed by atoms with van der Waals surface area (Å²) in [7, 11) is 1.73. The van der Waals surface area contributed by atoms with Crippen LogP contribution in [0.2, 0.25) is 0 Å². The van der Waals surface area contributed by atoms with Crippen LogP contribution in [0.5, 0.6) is 0 Å². The first kappa shape index (κ1) is 16.5. The quantitative estimate of drug-likeness (QED) is 0.754. The number of fused-ring (bicyclic) bond motifs is 1. The van der Waals surface area contributed by atoms with Gasteiger partial charge in [0.2, 0.25) is 11.8 Å². The molecule has 0 radical (unpaired) electrons. The van der Waals surface area contributed by atoms with Gasteiger partial charge in [-0.05, 0) is 33.7 Å². The Hall–Kier alpha value is -1.40. The van der Waals surface area contributed by atoms with E-state index in [1.54, 1.807) is 14.0 Å². The molecule has 3 rings (SSSR count). The molecule has 0 aromatic rings. The predicted octanol–water partition coefficient (Wildman–Crippen LogP) is 0.783. The lowest BCUT2D eigenvalue weighted by Crippen LogP contribution is -2.54. The second-order valence-corrected chi connectivity index (χ2v) is 7.05. The number of nitrogens with zero attached hydrogens (tertiary/aromatic N) is 1. The van der Waals surface area contributed by atoms with Crippen molar-refractivity contribution < 1.29 is 14.3 Å². The van der Waals surface area contributed by atoms with Crippen LogP contribution >= 0.6 is 0 Å². The Labute approximate surface area is 137 Å². The number of allylic oxidation sites excluding steroid dienone is 2. The van der Waals surface area contributed by atoms with E-state index < -0.39 is 6.04 Å². The van der Waals surface area contributed by atoms with Crippen LogP contribution in [0.1, 0.15) is 39.5 Å². The Kier molecular flexibility index (Phi) is 4.47. The molecule has 2 N–H and O–H groups in total. The van der Waals surface area contributed by atoms with Crippen LogP contribution < -0.4 is 10.6 Å². The molecule has 4 atom stereocenters. The number of carbonyl (C=O) groups excluding carboxylic acids is 2. The first-order valence-corrected chi connectivity index (χ1v) is 8.55. The van der Waals surface area contributed by atoms with Crippen molar-refractivity contribution in [3.8, 4) is 0 Å². The van der Waals surface area contributed by atoms with Crippen LogP contribution in [-0.4, -0.2) is 54.7 Å². The van der Waals surface area contributed by atoms with Gasteiger partial charge in [0.15, 0.2) is 0 Å². The number of amides is 2. The van der Waals surface area contributed by atoms with Gasteiger partial charge < -0.3 is 20.3 Å². The van der Waals surface area contributed by atoms with E-state index in [9.17, 15) is 9.59 Å². The Morgan fingerprint density at radius 2 is 2.13 bits per heavy atom. The van der Waals surface area contributed by atoms with Gasteiger partial charge in [0, 0.05) is 24.3 Å². The maximum atomic E-state index is 13.0. The molecule has 2 saturated heterocycles. The van der Waals surface area contributed by atoms with E-state index in [1.807, 2.05) is 4.90 Å². The number of ether oxygens (including phenoxy) is 1. The van der Waals surface area contributed by atoms with Crippen LogP contribution in [-0.2, 0) is 14.3 Å². The molecular formula is C17H27N3O3. The van der Waals surface area contributed by atoms with Gasteiger partial charge in [0.1, 0.15) is 12.3 Å². The van der Waals surface area contributed by atoms with E-state index in [4.69, 9.17) is 4.74 Å². The smallest absolute Gasteiger partial charge is 0.247 e. The summed E-state index contributed by atoms with van der Waals surface area (Å²) in [6.07, 6.45) is 7.70. The molecular weight excluding hydrogens is 294 g/mol. The van der Waals surface area contributed by atoms with Crippen molar-refractivity contribution in [2.75, 3.05) is 13.7 Å². The molecule has 1 aliphatic carbocycles. The second-order valence-electron chi connectivity index (χ2n) is 7.05. The van der Waals surface area contributed by atoms with Crippen LogP contribution in [0.15, 0.2) is 12.2 Å². The lowest BCUT2D eigenvalue weighted by molar-refractivity contribution is -0.144. The number of nitrogens with one attached hydrogen (secondary N) is 2. The number of likely N-dealkylation sites (N-methyl/N-ethyl adjacent to an activating group) is 1. The van der Waals surface area contributed by atoms with E-state index in [2.05, 4.69) is 29.7 Å². The number of rotatable bonds is 3. The van der Waals surface area contributed by atoms with E-state index >= 15 is 0 Å². The Bertz CT molecular complexity index is 511. The van der Waals surface area contributed by atoms with Crippen LogP contribution in [0.25, 0.3) is 0 Å². The lowest BCUT2D eigenvalue weighted by Gasteiger charge is -2.33. The summed E-state index contributed by atoms with van der Waals surface area (Å²) < 4.78 is 5.96. The Morgan fingerprint density at radius 1 is 1.43 bits per heavy atom.